The van der Waals surface area contributed by atoms with Crippen LogP contribution < -0.4 is 4.90 Å². The van der Waals surface area contributed by atoms with Crippen LogP contribution in [0.3, 0.4) is 0 Å². The number of nitrogens with zero attached hydrogens (tertiary/aromatic N) is 1. The van der Waals surface area contributed by atoms with Crippen molar-refractivity contribution in [2.75, 3.05) is 18.6 Å². The van der Waals surface area contributed by atoms with Crippen molar-refractivity contribution >= 4 is 11.6 Å². The molecule has 0 radical (unpaired) electrons. The van der Waals surface area contributed by atoms with Gasteiger partial charge in [0.15, 0.2) is 0 Å². The number of benzene rings is 1. The summed E-state index contributed by atoms with van der Waals surface area (Å²) in [4.78, 5) is 12.9. The molecule has 0 aliphatic heterocycles. The monoisotopic (exact) mass is 219 g/mol. The number of aryl methyl sites for hydroxylation is 2. The molecule has 3 heteroatoms. The molecule has 2 rings (SSSR count). The highest BCUT2D eigenvalue weighted by Gasteiger charge is 2.13. The number of carbonyl (C=O) groups excluding carboxylic acids is 1. The first-order valence-corrected chi connectivity index (χ1v) is 5.71. The highest BCUT2D eigenvalue weighted by molar-refractivity contribution is 5.93. The quantitative estimate of drug-likeness (QED) is 0.819. The van der Waals surface area contributed by atoms with E-state index in [2.05, 4.69) is 12.1 Å². The van der Waals surface area contributed by atoms with Crippen LogP contribution in [0.5, 0.6) is 0 Å². The number of fused-ring (bicyclic) bond motifs is 1. The molecule has 1 aliphatic rings. The lowest BCUT2D eigenvalue weighted by atomic mass is 9.91. The van der Waals surface area contributed by atoms with Crippen LogP contribution >= 0.6 is 0 Å². The minimum atomic E-state index is -0.437. The molecule has 16 heavy (non-hydrogen) atoms. The number of rotatable bonds is 2. The number of aliphatic hydroxyl groups is 1. The maximum Gasteiger partial charge on any atom is 0.252 e. The van der Waals surface area contributed by atoms with Crippen LogP contribution in [0.4, 0.5) is 5.69 Å². The average Bonchev–Trinajstić information content (AvgIpc) is 2.36. The minimum Gasteiger partial charge on any atom is -0.387 e. The predicted molar refractivity (Wildman–Crippen MR) is 63.6 cm³/mol. The molecule has 0 spiro atoms. The Bertz CT molecular complexity index is 401. The van der Waals surface area contributed by atoms with Crippen LogP contribution in [-0.2, 0) is 17.6 Å². The number of hydrogen-bond donors (Lipinski definition) is 1. The Morgan fingerprint density at radius 2 is 2.00 bits per heavy atom. The summed E-state index contributed by atoms with van der Waals surface area (Å²) in [7, 11) is 1.70. The van der Waals surface area contributed by atoms with Gasteiger partial charge in [-0.25, -0.2) is 0 Å². The standard InChI is InChI=1S/C13H17NO2/c1-14(13(16)9-15)12-7-6-10-4-2-3-5-11(10)8-12/h6-8,15H,2-5,9H2,1H3. The normalized spacial score (nSPS) is 14.4. The van der Waals surface area contributed by atoms with Gasteiger partial charge < -0.3 is 10.0 Å². The maximum absolute atomic E-state index is 11.4. The summed E-state index contributed by atoms with van der Waals surface area (Å²) in [6.45, 7) is -0.437. The van der Waals surface area contributed by atoms with Crippen molar-refractivity contribution in [1.82, 2.24) is 0 Å². The second-order valence-corrected chi connectivity index (χ2v) is 4.27. The van der Waals surface area contributed by atoms with Crippen molar-refractivity contribution in [2.45, 2.75) is 25.7 Å². The second kappa shape index (κ2) is 4.66. The molecule has 0 saturated heterocycles. The summed E-state index contributed by atoms with van der Waals surface area (Å²) >= 11 is 0. The van der Waals surface area contributed by atoms with Crippen LogP contribution in [-0.4, -0.2) is 24.7 Å². The Kier molecular flexibility index (Phi) is 3.25. The number of anilines is 1. The van der Waals surface area contributed by atoms with Crippen molar-refractivity contribution in [1.29, 1.82) is 0 Å². The van der Waals surface area contributed by atoms with Crippen molar-refractivity contribution < 1.29 is 9.90 Å². The van der Waals surface area contributed by atoms with Crippen molar-refractivity contribution in [3.63, 3.8) is 0 Å². The van der Waals surface area contributed by atoms with E-state index < -0.39 is 6.61 Å². The van der Waals surface area contributed by atoms with Crippen molar-refractivity contribution in [3.8, 4) is 0 Å². The smallest absolute Gasteiger partial charge is 0.252 e. The molecular formula is C13H17NO2. The highest BCUT2D eigenvalue weighted by Crippen LogP contribution is 2.25. The molecule has 1 aliphatic carbocycles. The predicted octanol–water partition coefficient (Wildman–Crippen LogP) is 1.52. The van der Waals surface area contributed by atoms with Crippen LogP contribution in [0.1, 0.15) is 24.0 Å². The molecule has 0 aromatic heterocycles. The Labute approximate surface area is 95.7 Å². The van der Waals surface area contributed by atoms with Gasteiger partial charge in [-0.1, -0.05) is 6.07 Å². The molecule has 0 atom stereocenters. The second-order valence-electron chi connectivity index (χ2n) is 4.27. The Morgan fingerprint density at radius 1 is 1.31 bits per heavy atom. The summed E-state index contributed by atoms with van der Waals surface area (Å²) in [5.41, 5.74) is 3.63. The van der Waals surface area contributed by atoms with Gasteiger partial charge in [0.2, 0.25) is 0 Å². The third kappa shape index (κ3) is 2.09. The first-order valence-electron chi connectivity index (χ1n) is 5.71. The van der Waals surface area contributed by atoms with Gasteiger partial charge in [-0.15, -0.1) is 0 Å². The van der Waals surface area contributed by atoms with E-state index in [1.165, 1.54) is 28.9 Å². The van der Waals surface area contributed by atoms with Crippen LogP contribution in [0.25, 0.3) is 0 Å². The average molecular weight is 219 g/mol. The Balaban J connectivity index is 2.26. The molecule has 1 N–H and O–H groups in total. The molecule has 0 unspecified atom stereocenters. The van der Waals surface area contributed by atoms with Gasteiger partial charge >= 0.3 is 0 Å². The zero-order valence-corrected chi connectivity index (χ0v) is 9.57. The number of amides is 1. The van der Waals surface area contributed by atoms with E-state index in [1.807, 2.05) is 6.07 Å². The lowest BCUT2D eigenvalue weighted by Gasteiger charge is -2.21. The molecule has 86 valence electrons. The van der Waals surface area contributed by atoms with Gasteiger partial charge in [-0.3, -0.25) is 4.79 Å². The molecule has 1 aromatic carbocycles. The molecule has 1 amide bonds. The lowest BCUT2D eigenvalue weighted by Crippen LogP contribution is -2.29. The Hall–Kier alpha value is -1.35. The third-order valence-electron chi connectivity index (χ3n) is 3.23. The van der Waals surface area contributed by atoms with Crippen molar-refractivity contribution in [3.05, 3.63) is 29.3 Å². The fourth-order valence-corrected chi connectivity index (χ4v) is 2.18. The van der Waals surface area contributed by atoms with E-state index in [4.69, 9.17) is 5.11 Å². The summed E-state index contributed by atoms with van der Waals surface area (Å²) < 4.78 is 0. The molecule has 1 aromatic rings. The number of aliphatic hydroxyl groups excluding tert-OH is 1. The molecule has 0 fully saturated rings. The topological polar surface area (TPSA) is 40.5 Å². The molecule has 0 bridgehead atoms. The number of carbonyl (C=O) groups is 1. The van der Waals surface area contributed by atoms with Gasteiger partial charge in [0.1, 0.15) is 6.61 Å². The Morgan fingerprint density at radius 3 is 2.69 bits per heavy atom. The van der Waals surface area contributed by atoms with Crippen molar-refractivity contribution in [2.24, 2.45) is 0 Å². The third-order valence-corrected chi connectivity index (χ3v) is 3.23. The molecule has 0 saturated carbocycles. The SMILES string of the molecule is CN(C(=O)CO)c1ccc2c(c1)CCCC2. The van der Waals surface area contributed by atoms with Gasteiger partial charge in [-0.05, 0) is 48.9 Å². The van der Waals surface area contributed by atoms with E-state index in [1.54, 1.807) is 7.05 Å². The van der Waals surface area contributed by atoms with E-state index in [0.29, 0.717) is 0 Å². The zero-order chi connectivity index (χ0) is 11.5. The van der Waals surface area contributed by atoms with Crippen LogP contribution in [0.15, 0.2) is 18.2 Å². The first kappa shape index (κ1) is 11.1. The molecule has 3 nitrogen and oxygen atoms in total. The van der Waals surface area contributed by atoms with E-state index in [-0.39, 0.29) is 5.91 Å². The van der Waals surface area contributed by atoms with Gasteiger partial charge in [0.05, 0.1) is 0 Å². The largest absolute Gasteiger partial charge is 0.387 e. The summed E-state index contributed by atoms with van der Waals surface area (Å²) in [5.74, 6) is -0.268. The van der Waals surface area contributed by atoms with Gasteiger partial charge in [0.25, 0.3) is 5.91 Å². The summed E-state index contributed by atoms with van der Waals surface area (Å²) in [6.07, 6.45) is 4.74. The first-order chi connectivity index (χ1) is 7.72. The van der Waals surface area contributed by atoms with E-state index >= 15 is 0 Å². The number of likely N-dealkylation sites (N-methyl/N-ethyl adjacent to an activating group) is 1. The fourth-order valence-electron chi connectivity index (χ4n) is 2.18. The van der Waals surface area contributed by atoms with Gasteiger partial charge in [-0.2, -0.15) is 0 Å². The maximum atomic E-state index is 11.4. The van der Waals surface area contributed by atoms with Crippen LogP contribution in [0.2, 0.25) is 0 Å². The van der Waals surface area contributed by atoms with E-state index in [0.717, 1.165) is 18.5 Å². The van der Waals surface area contributed by atoms with Gasteiger partial charge in [0, 0.05) is 12.7 Å². The zero-order valence-electron chi connectivity index (χ0n) is 9.57. The summed E-state index contributed by atoms with van der Waals surface area (Å²) in [6, 6.07) is 6.13. The van der Waals surface area contributed by atoms with Crippen LogP contribution in [0, 0.1) is 0 Å². The fraction of sp³-hybridized carbons (Fsp3) is 0.462. The molecule has 0 heterocycles. The minimum absolute atomic E-state index is 0.268. The summed E-state index contributed by atoms with van der Waals surface area (Å²) in [5, 5.41) is 8.81. The number of hydrogen-bond acceptors (Lipinski definition) is 2. The highest BCUT2D eigenvalue weighted by atomic mass is 16.3. The van der Waals surface area contributed by atoms with E-state index in [9.17, 15) is 4.79 Å². The molecular weight excluding hydrogens is 202 g/mol. The lowest BCUT2D eigenvalue weighted by molar-refractivity contribution is -0.120.